The van der Waals surface area contributed by atoms with Crippen LogP contribution in [0.4, 0.5) is 5.69 Å². The first-order chi connectivity index (χ1) is 9.63. The molecule has 0 aliphatic heterocycles. The summed E-state index contributed by atoms with van der Waals surface area (Å²) in [6.07, 6.45) is 3.18. The molecule has 2 atom stereocenters. The number of nitrogens with one attached hydrogen (secondary N) is 1. The predicted molar refractivity (Wildman–Crippen MR) is 97.0 cm³/mol. The first-order valence-electron chi connectivity index (χ1n) is 7.36. The van der Waals surface area contributed by atoms with Gasteiger partial charge < -0.3 is 16.0 Å². The van der Waals surface area contributed by atoms with E-state index in [1.54, 1.807) is 0 Å². The Bertz CT molecular complexity index is 468. The molecule has 0 saturated heterocycles. The Morgan fingerprint density at radius 3 is 2.59 bits per heavy atom. The van der Waals surface area contributed by atoms with Gasteiger partial charge in [-0.1, -0.05) is 24.6 Å². The van der Waals surface area contributed by atoms with E-state index in [4.69, 9.17) is 5.73 Å². The molecule has 126 valence electrons. The van der Waals surface area contributed by atoms with Gasteiger partial charge >= 0.3 is 0 Å². The standard InChI is InChI=1S/C16H25N3O.2ClH/c1-19(2)15-9-4-3-6-13(15)11-18-16(20)14-8-5-7-12(14)10-17;;/h3-4,6,9,12,14H,5,7-8,10-11,17H2,1-2H3,(H,18,20);2*1H/t12-,14-;;/m1../s1. The summed E-state index contributed by atoms with van der Waals surface area (Å²) in [6, 6.07) is 8.15. The minimum Gasteiger partial charge on any atom is -0.377 e. The van der Waals surface area contributed by atoms with Crippen LogP contribution in [0.3, 0.4) is 0 Å². The van der Waals surface area contributed by atoms with E-state index in [-0.39, 0.29) is 36.6 Å². The third-order valence-corrected chi connectivity index (χ3v) is 4.23. The van der Waals surface area contributed by atoms with Gasteiger partial charge in [-0.2, -0.15) is 0 Å². The van der Waals surface area contributed by atoms with Crippen LogP contribution in [0.25, 0.3) is 0 Å². The molecule has 4 nitrogen and oxygen atoms in total. The number of benzene rings is 1. The molecule has 1 aliphatic rings. The maximum atomic E-state index is 12.3. The number of para-hydroxylation sites is 1. The molecule has 1 aromatic carbocycles. The minimum atomic E-state index is 0. The lowest BCUT2D eigenvalue weighted by Crippen LogP contribution is -2.35. The molecule has 1 amide bonds. The number of carbonyl (C=O) groups excluding carboxylic acids is 1. The third-order valence-electron chi connectivity index (χ3n) is 4.23. The normalized spacial score (nSPS) is 19.8. The monoisotopic (exact) mass is 347 g/mol. The second-order valence-electron chi connectivity index (χ2n) is 5.77. The lowest BCUT2D eigenvalue weighted by Gasteiger charge is -2.20. The van der Waals surface area contributed by atoms with Gasteiger partial charge in [0.25, 0.3) is 0 Å². The predicted octanol–water partition coefficient (Wildman–Crippen LogP) is 2.59. The fraction of sp³-hybridized carbons (Fsp3) is 0.562. The van der Waals surface area contributed by atoms with E-state index >= 15 is 0 Å². The van der Waals surface area contributed by atoms with Crippen molar-refractivity contribution in [2.75, 3.05) is 25.5 Å². The van der Waals surface area contributed by atoms with E-state index in [2.05, 4.69) is 22.3 Å². The molecule has 0 unspecified atom stereocenters. The molecule has 1 aromatic rings. The van der Waals surface area contributed by atoms with Crippen LogP contribution in [0.5, 0.6) is 0 Å². The van der Waals surface area contributed by atoms with Crippen LogP contribution >= 0.6 is 24.8 Å². The van der Waals surface area contributed by atoms with Gasteiger partial charge in [0, 0.05) is 32.2 Å². The molecular formula is C16H27Cl2N3O. The first-order valence-corrected chi connectivity index (χ1v) is 7.36. The van der Waals surface area contributed by atoms with E-state index in [9.17, 15) is 4.79 Å². The lowest BCUT2D eigenvalue weighted by molar-refractivity contribution is -0.126. The van der Waals surface area contributed by atoms with Crippen molar-refractivity contribution in [3.8, 4) is 0 Å². The summed E-state index contributed by atoms with van der Waals surface area (Å²) in [5.74, 6) is 0.622. The second kappa shape index (κ2) is 9.93. The van der Waals surface area contributed by atoms with Crippen LogP contribution in [0, 0.1) is 11.8 Å². The highest BCUT2D eigenvalue weighted by Crippen LogP contribution is 2.31. The fourth-order valence-electron chi connectivity index (χ4n) is 3.07. The van der Waals surface area contributed by atoms with Crippen LogP contribution in [0.15, 0.2) is 24.3 Å². The Morgan fingerprint density at radius 1 is 1.27 bits per heavy atom. The fourth-order valence-corrected chi connectivity index (χ4v) is 3.07. The zero-order valence-electron chi connectivity index (χ0n) is 13.2. The van der Waals surface area contributed by atoms with E-state index in [0.717, 1.165) is 30.5 Å². The highest BCUT2D eigenvalue weighted by atomic mass is 35.5. The van der Waals surface area contributed by atoms with E-state index in [0.29, 0.717) is 19.0 Å². The molecule has 0 aromatic heterocycles. The summed E-state index contributed by atoms with van der Waals surface area (Å²) in [5.41, 5.74) is 8.04. The number of nitrogens with two attached hydrogens (primary N) is 1. The number of halogens is 2. The van der Waals surface area contributed by atoms with Crippen molar-refractivity contribution in [1.82, 2.24) is 5.32 Å². The van der Waals surface area contributed by atoms with Crippen molar-refractivity contribution >= 4 is 36.4 Å². The minimum absolute atomic E-state index is 0. The van der Waals surface area contributed by atoms with Gasteiger partial charge in [-0.25, -0.2) is 0 Å². The second-order valence-corrected chi connectivity index (χ2v) is 5.77. The smallest absolute Gasteiger partial charge is 0.223 e. The summed E-state index contributed by atoms with van der Waals surface area (Å²) in [4.78, 5) is 14.4. The average Bonchev–Trinajstić information content (AvgIpc) is 2.93. The molecular weight excluding hydrogens is 321 g/mol. The molecule has 3 N–H and O–H groups in total. The topological polar surface area (TPSA) is 58.4 Å². The molecule has 1 fully saturated rings. The Kier molecular flexibility index (Phi) is 9.49. The molecule has 0 bridgehead atoms. The quantitative estimate of drug-likeness (QED) is 0.860. The Labute approximate surface area is 145 Å². The zero-order chi connectivity index (χ0) is 14.5. The number of amides is 1. The van der Waals surface area contributed by atoms with Gasteiger partial charge in [0.2, 0.25) is 5.91 Å². The number of hydrogen-bond acceptors (Lipinski definition) is 3. The molecule has 6 heteroatoms. The van der Waals surface area contributed by atoms with Crippen molar-refractivity contribution in [1.29, 1.82) is 0 Å². The summed E-state index contributed by atoms with van der Waals surface area (Å²) in [5, 5.41) is 3.08. The third kappa shape index (κ3) is 5.04. The highest BCUT2D eigenvalue weighted by molar-refractivity contribution is 5.85. The summed E-state index contributed by atoms with van der Waals surface area (Å²) in [6.45, 7) is 1.20. The first kappa shape index (κ1) is 21.0. The van der Waals surface area contributed by atoms with Gasteiger partial charge in [0.05, 0.1) is 0 Å². The van der Waals surface area contributed by atoms with E-state index in [1.807, 2.05) is 26.2 Å². The largest absolute Gasteiger partial charge is 0.377 e. The van der Waals surface area contributed by atoms with Crippen molar-refractivity contribution < 1.29 is 4.79 Å². The maximum Gasteiger partial charge on any atom is 0.223 e. The number of hydrogen-bond donors (Lipinski definition) is 2. The van der Waals surface area contributed by atoms with E-state index in [1.165, 1.54) is 0 Å². The highest BCUT2D eigenvalue weighted by Gasteiger charge is 2.31. The Hall–Kier alpha value is -0.970. The molecule has 0 spiro atoms. The number of anilines is 1. The van der Waals surface area contributed by atoms with Crippen LogP contribution in [-0.2, 0) is 11.3 Å². The number of rotatable bonds is 5. The van der Waals surface area contributed by atoms with Crippen LogP contribution in [0.1, 0.15) is 24.8 Å². The van der Waals surface area contributed by atoms with Crippen molar-refractivity contribution in [3.05, 3.63) is 29.8 Å². The Balaban J connectivity index is 0.00000220. The van der Waals surface area contributed by atoms with Crippen molar-refractivity contribution in [2.45, 2.75) is 25.8 Å². The number of carbonyl (C=O) groups is 1. The number of nitrogens with zero attached hydrogens (tertiary/aromatic N) is 1. The zero-order valence-corrected chi connectivity index (χ0v) is 14.9. The van der Waals surface area contributed by atoms with Crippen LogP contribution < -0.4 is 16.0 Å². The lowest BCUT2D eigenvalue weighted by atomic mass is 9.95. The molecule has 0 heterocycles. The van der Waals surface area contributed by atoms with Gasteiger partial charge in [-0.3, -0.25) is 4.79 Å². The molecule has 2 rings (SSSR count). The van der Waals surface area contributed by atoms with Crippen molar-refractivity contribution in [3.63, 3.8) is 0 Å². The molecule has 1 saturated carbocycles. The SMILES string of the molecule is CN(C)c1ccccc1CNC(=O)[C@@H]1CCC[C@@H]1CN.Cl.Cl. The molecule has 1 aliphatic carbocycles. The molecule has 22 heavy (non-hydrogen) atoms. The van der Waals surface area contributed by atoms with Crippen molar-refractivity contribution in [2.24, 2.45) is 17.6 Å². The Morgan fingerprint density at radius 2 is 1.95 bits per heavy atom. The van der Waals surface area contributed by atoms with E-state index < -0.39 is 0 Å². The maximum absolute atomic E-state index is 12.3. The van der Waals surface area contributed by atoms with Crippen LogP contribution in [-0.4, -0.2) is 26.5 Å². The van der Waals surface area contributed by atoms with Gasteiger partial charge in [0.15, 0.2) is 0 Å². The molecule has 0 radical (unpaired) electrons. The van der Waals surface area contributed by atoms with Gasteiger partial charge in [-0.05, 0) is 36.9 Å². The summed E-state index contributed by atoms with van der Waals surface area (Å²) < 4.78 is 0. The summed E-state index contributed by atoms with van der Waals surface area (Å²) in [7, 11) is 4.03. The average molecular weight is 348 g/mol. The summed E-state index contributed by atoms with van der Waals surface area (Å²) >= 11 is 0. The van der Waals surface area contributed by atoms with Gasteiger partial charge in [-0.15, -0.1) is 24.8 Å². The van der Waals surface area contributed by atoms with Gasteiger partial charge in [0.1, 0.15) is 0 Å². The van der Waals surface area contributed by atoms with Crippen LogP contribution in [0.2, 0.25) is 0 Å².